The molecule has 2 aliphatic rings. The van der Waals surface area contributed by atoms with Crippen molar-refractivity contribution < 1.29 is 13.3 Å². The van der Waals surface area contributed by atoms with Gasteiger partial charge in [-0.2, -0.15) is 4.31 Å². The van der Waals surface area contributed by atoms with Gasteiger partial charge in [0.15, 0.2) is 0 Å². The van der Waals surface area contributed by atoms with E-state index in [2.05, 4.69) is 5.32 Å². The normalized spacial score (nSPS) is 26.0. The Bertz CT molecular complexity index is 677. The second-order valence-corrected chi connectivity index (χ2v) is 7.64. The Morgan fingerprint density at radius 3 is 2.48 bits per heavy atom. The molecule has 0 spiro atoms. The van der Waals surface area contributed by atoms with E-state index in [1.807, 2.05) is 0 Å². The molecule has 2 atom stereocenters. The van der Waals surface area contributed by atoms with Crippen LogP contribution in [0.15, 0.2) is 23.1 Å². The van der Waals surface area contributed by atoms with Crippen LogP contribution >= 0.6 is 0 Å². The van der Waals surface area contributed by atoms with Crippen molar-refractivity contribution in [3.63, 3.8) is 0 Å². The smallest absolute Gasteiger partial charge is 0.273 e. The van der Waals surface area contributed by atoms with E-state index in [9.17, 15) is 18.5 Å². The van der Waals surface area contributed by atoms with Gasteiger partial charge in [0.2, 0.25) is 10.0 Å². The molecule has 0 amide bonds. The highest BCUT2D eigenvalue weighted by Crippen LogP contribution is 2.32. The molecular formula is C13H17N3O4S. The maximum absolute atomic E-state index is 12.6. The number of aryl methyl sites for hydroxylation is 1. The summed E-state index contributed by atoms with van der Waals surface area (Å²) in [6, 6.07) is 4.10. The molecule has 0 aromatic heterocycles. The van der Waals surface area contributed by atoms with Crippen LogP contribution in [0, 0.1) is 28.9 Å². The fourth-order valence-corrected chi connectivity index (χ4v) is 4.68. The molecule has 7 nitrogen and oxygen atoms in total. The zero-order valence-electron chi connectivity index (χ0n) is 11.7. The van der Waals surface area contributed by atoms with Crippen molar-refractivity contribution >= 4 is 15.7 Å². The predicted molar refractivity (Wildman–Crippen MR) is 76.4 cm³/mol. The van der Waals surface area contributed by atoms with Gasteiger partial charge in [-0.25, -0.2) is 8.42 Å². The van der Waals surface area contributed by atoms with Crippen LogP contribution in [-0.2, 0) is 10.0 Å². The van der Waals surface area contributed by atoms with E-state index in [1.165, 1.54) is 16.4 Å². The van der Waals surface area contributed by atoms with Gasteiger partial charge in [-0.15, -0.1) is 0 Å². The summed E-state index contributed by atoms with van der Waals surface area (Å²) in [5, 5.41) is 14.2. The van der Waals surface area contributed by atoms with Gasteiger partial charge >= 0.3 is 0 Å². The van der Waals surface area contributed by atoms with Crippen LogP contribution in [0.3, 0.4) is 0 Å². The van der Waals surface area contributed by atoms with Gasteiger partial charge in [-0.05, 0) is 37.9 Å². The number of nitro benzene ring substituents is 1. The summed E-state index contributed by atoms with van der Waals surface area (Å²) in [7, 11) is -3.65. The SMILES string of the molecule is Cc1ccc(S(=O)(=O)N2CC3CNCC3C2)cc1[N+](=O)[O-]. The molecule has 0 saturated carbocycles. The number of rotatable bonds is 3. The fraction of sp³-hybridized carbons (Fsp3) is 0.538. The van der Waals surface area contributed by atoms with Crippen LogP contribution in [0.25, 0.3) is 0 Å². The third-order valence-corrected chi connectivity index (χ3v) is 6.20. The summed E-state index contributed by atoms with van der Waals surface area (Å²) >= 11 is 0. The molecule has 1 N–H and O–H groups in total. The van der Waals surface area contributed by atoms with E-state index in [1.54, 1.807) is 6.92 Å². The standard InChI is InChI=1S/C13H17N3O4S/c1-9-2-3-12(4-13(9)16(17)18)21(19,20)15-7-10-5-14-6-11(10)8-15/h2-4,10-11,14H,5-8H2,1H3. The average Bonchev–Trinajstić information content (AvgIpc) is 2.99. The molecule has 3 rings (SSSR count). The number of fused-ring (bicyclic) bond motifs is 1. The minimum Gasteiger partial charge on any atom is -0.316 e. The van der Waals surface area contributed by atoms with Gasteiger partial charge in [0.05, 0.1) is 9.82 Å². The van der Waals surface area contributed by atoms with E-state index in [0.29, 0.717) is 30.5 Å². The van der Waals surface area contributed by atoms with Gasteiger partial charge < -0.3 is 5.32 Å². The third-order valence-electron chi connectivity index (χ3n) is 4.37. The molecule has 2 unspecified atom stereocenters. The summed E-state index contributed by atoms with van der Waals surface area (Å²) < 4.78 is 26.7. The Morgan fingerprint density at radius 2 is 1.90 bits per heavy atom. The number of nitrogens with one attached hydrogen (secondary N) is 1. The van der Waals surface area contributed by atoms with E-state index in [0.717, 1.165) is 19.2 Å². The average molecular weight is 311 g/mol. The molecule has 2 aliphatic heterocycles. The fourth-order valence-electron chi connectivity index (χ4n) is 3.10. The topological polar surface area (TPSA) is 92.6 Å². The Labute approximate surface area is 123 Å². The second-order valence-electron chi connectivity index (χ2n) is 5.71. The number of benzene rings is 1. The number of hydrogen-bond donors (Lipinski definition) is 1. The summed E-state index contributed by atoms with van der Waals surface area (Å²) in [6.07, 6.45) is 0. The van der Waals surface area contributed by atoms with E-state index in [4.69, 9.17) is 0 Å². The van der Waals surface area contributed by atoms with Crippen LogP contribution in [0.5, 0.6) is 0 Å². The maximum Gasteiger partial charge on any atom is 0.273 e. The van der Waals surface area contributed by atoms with Crippen molar-refractivity contribution in [2.75, 3.05) is 26.2 Å². The molecule has 2 saturated heterocycles. The number of nitro groups is 1. The van der Waals surface area contributed by atoms with Crippen LogP contribution < -0.4 is 5.32 Å². The molecule has 1 aromatic rings. The maximum atomic E-state index is 12.6. The first-order chi connectivity index (χ1) is 9.89. The molecule has 0 radical (unpaired) electrons. The van der Waals surface area contributed by atoms with Crippen molar-refractivity contribution in [1.29, 1.82) is 0 Å². The molecule has 114 valence electrons. The molecule has 2 heterocycles. The Balaban J connectivity index is 1.92. The lowest BCUT2D eigenvalue weighted by atomic mass is 10.0. The monoisotopic (exact) mass is 311 g/mol. The molecular weight excluding hydrogens is 294 g/mol. The van der Waals surface area contributed by atoms with Gasteiger partial charge in [-0.3, -0.25) is 10.1 Å². The lowest BCUT2D eigenvalue weighted by Gasteiger charge is -2.17. The van der Waals surface area contributed by atoms with E-state index < -0.39 is 14.9 Å². The zero-order valence-corrected chi connectivity index (χ0v) is 12.5. The zero-order chi connectivity index (χ0) is 15.2. The summed E-state index contributed by atoms with van der Waals surface area (Å²) in [5.41, 5.74) is 0.304. The van der Waals surface area contributed by atoms with Gasteiger partial charge in [0.1, 0.15) is 0 Å². The molecule has 0 bridgehead atoms. The Kier molecular flexibility index (Phi) is 3.46. The predicted octanol–water partition coefficient (Wildman–Crippen LogP) is 0.743. The van der Waals surface area contributed by atoms with E-state index >= 15 is 0 Å². The molecule has 8 heteroatoms. The summed E-state index contributed by atoms with van der Waals surface area (Å²) in [6.45, 7) is 4.25. The first kappa shape index (κ1) is 14.4. The highest BCUT2D eigenvalue weighted by Gasteiger charge is 2.41. The first-order valence-electron chi connectivity index (χ1n) is 6.85. The minimum atomic E-state index is -3.65. The minimum absolute atomic E-state index is 0.00716. The summed E-state index contributed by atoms with van der Waals surface area (Å²) in [4.78, 5) is 10.4. The highest BCUT2D eigenvalue weighted by atomic mass is 32.2. The van der Waals surface area contributed by atoms with Crippen molar-refractivity contribution in [2.45, 2.75) is 11.8 Å². The lowest BCUT2D eigenvalue weighted by Crippen LogP contribution is -2.32. The Morgan fingerprint density at radius 1 is 1.29 bits per heavy atom. The van der Waals surface area contributed by atoms with Crippen molar-refractivity contribution in [3.05, 3.63) is 33.9 Å². The van der Waals surface area contributed by atoms with Crippen molar-refractivity contribution in [2.24, 2.45) is 11.8 Å². The largest absolute Gasteiger partial charge is 0.316 e. The van der Waals surface area contributed by atoms with Crippen molar-refractivity contribution in [1.82, 2.24) is 9.62 Å². The van der Waals surface area contributed by atoms with Crippen LogP contribution in [0.2, 0.25) is 0 Å². The summed E-state index contributed by atoms with van der Waals surface area (Å²) in [5.74, 6) is 0.695. The molecule has 21 heavy (non-hydrogen) atoms. The number of hydrogen-bond acceptors (Lipinski definition) is 5. The lowest BCUT2D eigenvalue weighted by molar-refractivity contribution is -0.385. The van der Waals surface area contributed by atoms with Crippen LogP contribution in [0.1, 0.15) is 5.56 Å². The van der Waals surface area contributed by atoms with Gasteiger partial charge in [0, 0.05) is 24.7 Å². The van der Waals surface area contributed by atoms with Crippen molar-refractivity contribution in [3.8, 4) is 0 Å². The molecule has 0 aliphatic carbocycles. The third kappa shape index (κ3) is 2.43. The van der Waals surface area contributed by atoms with Gasteiger partial charge in [0.25, 0.3) is 5.69 Å². The van der Waals surface area contributed by atoms with Gasteiger partial charge in [-0.1, -0.05) is 6.07 Å². The van der Waals surface area contributed by atoms with Crippen LogP contribution in [0.4, 0.5) is 5.69 Å². The molecule has 2 fully saturated rings. The van der Waals surface area contributed by atoms with Crippen LogP contribution in [-0.4, -0.2) is 43.8 Å². The quantitative estimate of drug-likeness (QED) is 0.656. The highest BCUT2D eigenvalue weighted by molar-refractivity contribution is 7.89. The first-order valence-corrected chi connectivity index (χ1v) is 8.29. The molecule has 1 aromatic carbocycles. The second kappa shape index (κ2) is 5.04. The van der Waals surface area contributed by atoms with E-state index in [-0.39, 0.29) is 10.6 Å². The number of nitrogens with zero attached hydrogens (tertiary/aromatic N) is 2. The Hall–Kier alpha value is -1.51. The number of sulfonamides is 1.